The summed E-state index contributed by atoms with van der Waals surface area (Å²) in [5, 5.41) is 0. The van der Waals surface area contributed by atoms with Gasteiger partial charge < -0.3 is 9.47 Å². The Balaban J connectivity index is 1.45. The zero-order valence-corrected chi connectivity index (χ0v) is 16.6. The van der Waals surface area contributed by atoms with Gasteiger partial charge >= 0.3 is 0 Å². The maximum Gasteiger partial charge on any atom is 0.168 e. The van der Waals surface area contributed by atoms with Crippen molar-refractivity contribution in [2.24, 2.45) is 11.3 Å². The van der Waals surface area contributed by atoms with Gasteiger partial charge in [-0.25, -0.2) is 0 Å². The first-order valence-electron chi connectivity index (χ1n) is 10.7. The molecule has 0 bridgehead atoms. The summed E-state index contributed by atoms with van der Waals surface area (Å²) in [5.74, 6) is 0.634. The fourth-order valence-corrected chi connectivity index (χ4v) is 5.43. The molecule has 0 aromatic heterocycles. The number of hydrogen-bond donors (Lipinski definition) is 0. The zero-order valence-electron chi connectivity index (χ0n) is 16.6. The largest absolute Gasteiger partial charge is 0.347 e. The maximum absolute atomic E-state index is 6.46. The zero-order chi connectivity index (χ0) is 17.8. The van der Waals surface area contributed by atoms with Gasteiger partial charge in [-0.3, -0.25) is 4.90 Å². The SMILES string of the molecule is C=CCN(CC)CCC1COC2(CCC(C3(C)CCCCC3)CC2)O1. The van der Waals surface area contributed by atoms with Crippen molar-refractivity contribution in [3.63, 3.8) is 0 Å². The molecule has 0 amide bonds. The third kappa shape index (κ3) is 4.67. The van der Waals surface area contributed by atoms with Crippen molar-refractivity contribution in [1.82, 2.24) is 4.90 Å². The normalized spacial score (nSPS) is 35.3. The lowest BCUT2D eigenvalue weighted by Crippen LogP contribution is -2.41. The van der Waals surface area contributed by atoms with E-state index in [1.54, 1.807) is 0 Å². The molecule has 1 atom stereocenters. The molecule has 0 radical (unpaired) electrons. The highest BCUT2D eigenvalue weighted by molar-refractivity contribution is 4.93. The van der Waals surface area contributed by atoms with Crippen LogP contribution in [0.25, 0.3) is 0 Å². The fourth-order valence-electron chi connectivity index (χ4n) is 5.43. The minimum atomic E-state index is -0.248. The maximum atomic E-state index is 6.46. The van der Waals surface area contributed by atoms with Gasteiger partial charge in [-0.1, -0.05) is 39.2 Å². The number of nitrogens with zero attached hydrogens (tertiary/aromatic N) is 1. The highest BCUT2D eigenvalue weighted by atomic mass is 16.7. The molecule has 1 spiro atoms. The van der Waals surface area contributed by atoms with Gasteiger partial charge in [0.1, 0.15) is 0 Å². The van der Waals surface area contributed by atoms with E-state index in [9.17, 15) is 0 Å². The van der Waals surface area contributed by atoms with E-state index >= 15 is 0 Å². The van der Waals surface area contributed by atoms with Gasteiger partial charge in [-0.15, -0.1) is 6.58 Å². The predicted octanol–water partition coefficient (Wildman–Crippen LogP) is 5.16. The van der Waals surface area contributed by atoms with E-state index in [1.165, 1.54) is 44.9 Å². The van der Waals surface area contributed by atoms with Crippen molar-refractivity contribution in [2.75, 3.05) is 26.2 Å². The predicted molar refractivity (Wildman–Crippen MR) is 104 cm³/mol. The average molecular weight is 350 g/mol. The van der Waals surface area contributed by atoms with Gasteiger partial charge in [-0.05, 0) is 50.0 Å². The molecule has 0 N–H and O–H groups in total. The smallest absolute Gasteiger partial charge is 0.168 e. The first-order valence-corrected chi connectivity index (χ1v) is 10.7. The minimum Gasteiger partial charge on any atom is -0.347 e. The quantitative estimate of drug-likeness (QED) is 0.593. The van der Waals surface area contributed by atoms with Crippen LogP contribution in [0.1, 0.15) is 78.1 Å². The highest BCUT2D eigenvalue weighted by Gasteiger charge is 2.47. The summed E-state index contributed by atoms with van der Waals surface area (Å²) < 4.78 is 12.7. The van der Waals surface area contributed by atoms with Gasteiger partial charge in [0.05, 0.1) is 12.7 Å². The number of ether oxygens (including phenoxy) is 2. The van der Waals surface area contributed by atoms with Gasteiger partial charge in [0, 0.05) is 25.9 Å². The second-order valence-electron chi connectivity index (χ2n) is 8.92. The molecule has 3 heteroatoms. The van der Waals surface area contributed by atoms with Crippen LogP contribution in [-0.2, 0) is 9.47 Å². The van der Waals surface area contributed by atoms with Gasteiger partial charge in [0.25, 0.3) is 0 Å². The van der Waals surface area contributed by atoms with E-state index in [-0.39, 0.29) is 11.9 Å². The van der Waals surface area contributed by atoms with Crippen LogP contribution >= 0.6 is 0 Å². The molecule has 2 aliphatic carbocycles. The van der Waals surface area contributed by atoms with Crippen molar-refractivity contribution in [3.05, 3.63) is 12.7 Å². The van der Waals surface area contributed by atoms with E-state index in [4.69, 9.17) is 9.47 Å². The van der Waals surface area contributed by atoms with E-state index in [0.717, 1.165) is 51.4 Å². The van der Waals surface area contributed by atoms with Crippen LogP contribution in [0.5, 0.6) is 0 Å². The summed E-state index contributed by atoms with van der Waals surface area (Å²) in [5.41, 5.74) is 0.587. The molecule has 0 aromatic carbocycles. The first kappa shape index (κ1) is 19.4. The average Bonchev–Trinajstić information content (AvgIpc) is 3.02. The molecule has 2 saturated carbocycles. The Bertz CT molecular complexity index is 422. The van der Waals surface area contributed by atoms with Crippen LogP contribution in [0.15, 0.2) is 12.7 Å². The second-order valence-corrected chi connectivity index (χ2v) is 8.92. The lowest BCUT2D eigenvalue weighted by molar-refractivity contribution is -0.199. The Morgan fingerprint density at radius 3 is 2.48 bits per heavy atom. The molecule has 25 heavy (non-hydrogen) atoms. The molecule has 3 rings (SSSR count). The summed E-state index contributed by atoms with van der Waals surface area (Å²) in [6, 6.07) is 0. The van der Waals surface area contributed by atoms with Crippen LogP contribution in [-0.4, -0.2) is 43.0 Å². The van der Waals surface area contributed by atoms with Crippen LogP contribution in [0.2, 0.25) is 0 Å². The summed E-state index contributed by atoms with van der Waals surface area (Å²) in [6.45, 7) is 12.5. The van der Waals surface area contributed by atoms with E-state index in [2.05, 4.69) is 25.3 Å². The molecule has 3 aliphatic rings. The molecule has 1 saturated heterocycles. The van der Waals surface area contributed by atoms with Crippen molar-refractivity contribution < 1.29 is 9.47 Å². The lowest BCUT2D eigenvalue weighted by Gasteiger charge is -2.46. The molecule has 0 aromatic rings. The Morgan fingerprint density at radius 1 is 1.12 bits per heavy atom. The van der Waals surface area contributed by atoms with Crippen molar-refractivity contribution in [1.29, 1.82) is 0 Å². The number of rotatable bonds is 7. The van der Waals surface area contributed by atoms with E-state index in [0.29, 0.717) is 5.41 Å². The molecular formula is C22H39NO2. The van der Waals surface area contributed by atoms with Crippen molar-refractivity contribution in [2.45, 2.75) is 89.9 Å². The van der Waals surface area contributed by atoms with Crippen LogP contribution in [0.4, 0.5) is 0 Å². The molecule has 1 unspecified atom stereocenters. The third-order valence-corrected chi connectivity index (χ3v) is 7.24. The minimum absolute atomic E-state index is 0.248. The standard InChI is InChI=1S/C22H39NO2/c1-4-16-23(5-2)17-11-20-18-24-22(25-20)14-9-19(10-15-22)21(3)12-7-6-8-13-21/h4,19-20H,1,5-18H2,2-3H3. The van der Waals surface area contributed by atoms with Crippen LogP contribution in [0.3, 0.4) is 0 Å². The Kier molecular flexibility index (Phi) is 6.62. The van der Waals surface area contributed by atoms with E-state index < -0.39 is 0 Å². The molecule has 3 nitrogen and oxygen atoms in total. The molecular weight excluding hydrogens is 310 g/mol. The lowest BCUT2D eigenvalue weighted by atomic mass is 9.62. The first-order chi connectivity index (χ1) is 12.1. The summed E-state index contributed by atoms with van der Waals surface area (Å²) >= 11 is 0. The van der Waals surface area contributed by atoms with E-state index in [1.807, 2.05) is 6.08 Å². The van der Waals surface area contributed by atoms with Crippen molar-refractivity contribution in [3.8, 4) is 0 Å². The Labute approximate surface area is 155 Å². The van der Waals surface area contributed by atoms with Crippen LogP contribution < -0.4 is 0 Å². The summed E-state index contributed by atoms with van der Waals surface area (Å²) in [6.07, 6.45) is 15.3. The molecule has 3 fully saturated rings. The molecule has 1 aliphatic heterocycles. The highest BCUT2D eigenvalue weighted by Crippen LogP contribution is 2.51. The van der Waals surface area contributed by atoms with Crippen molar-refractivity contribution >= 4 is 0 Å². The van der Waals surface area contributed by atoms with Gasteiger partial charge in [0.2, 0.25) is 0 Å². The van der Waals surface area contributed by atoms with Gasteiger partial charge in [0.15, 0.2) is 5.79 Å². The Hall–Kier alpha value is -0.380. The number of likely N-dealkylation sites (N-methyl/N-ethyl adjacent to an activating group) is 1. The monoisotopic (exact) mass is 349 g/mol. The summed E-state index contributed by atoms with van der Waals surface area (Å²) in [7, 11) is 0. The summed E-state index contributed by atoms with van der Waals surface area (Å²) in [4.78, 5) is 2.42. The van der Waals surface area contributed by atoms with Crippen LogP contribution in [0, 0.1) is 11.3 Å². The molecule has 1 heterocycles. The third-order valence-electron chi connectivity index (χ3n) is 7.24. The number of hydrogen-bond acceptors (Lipinski definition) is 3. The Morgan fingerprint density at radius 2 is 1.84 bits per heavy atom. The topological polar surface area (TPSA) is 21.7 Å². The fraction of sp³-hybridized carbons (Fsp3) is 0.909. The molecule has 144 valence electrons. The second kappa shape index (κ2) is 8.54. The van der Waals surface area contributed by atoms with Gasteiger partial charge in [-0.2, -0.15) is 0 Å².